The fraction of sp³-hybridized carbons (Fsp3) is 0.200. The largest absolute Gasteiger partial charge is 0.319 e. The summed E-state index contributed by atoms with van der Waals surface area (Å²) in [5.41, 5.74) is 3.18. The molecule has 1 aromatic carbocycles. The molecule has 2 rings (SSSR count). The number of hydrogen-bond acceptors (Lipinski definition) is 2. The van der Waals surface area contributed by atoms with E-state index in [1.807, 2.05) is 25.1 Å². The van der Waals surface area contributed by atoms with Crippen LogP contribution >= 0.6 is 0 Å². The van der Waals surface area contributed by atoms with Crippen LogP contribution in [-0.2, 0) is 0 Å². The molecule has 0 saturated carbocycles. The number of nitrogens with zero attached hydrogens (tertiary/aromatic N) is 1. The van der Waals surface area contributed by atoms with Crippen LogP contribution in [0.25, 0.3) is 11.0 Å². The fourth-order valence-electron chi connectivity index (χ4n) is 1.28. The maximum absolute atomic E-state index is 11.2. The molecule has 66 valence electrons. The third-order valence-electron chi connectivity index (χ3n) is 2.02. The number of aromatic nitrogens is 2. The maximum Gasteiger partial charge on any atom is 0.269 e. The number of benzene rings is 1. The highest BCUT2D eigenvalue weighted by Gasteiger charge is 1.99. The van der Waals surface area contributed by atoms with Crippen molar-refractivity contribution in [3.8, 4) is 0 Å². The van der Waals surface area contributed by atoms with Crippen LogP contribution in [0.2, 0.25) is 0 Å². The highest BCUT2D eigenvalue weighted by atomic mass is 16.1. The van der Waals surface area contributed by atoms with Crippen molar-refractivity contribution < 1.29 is 0 Å². The van der Waals surface area contributed by atoms with Crippen LogP contribution in [0.15, 0.2) is 23.0 Å². The second-order valence-corrected chi connectivity index (χ2v) is 3.17. The number of nitrogens with one attached hydrogen (secondary N) is 1. The molecule has 0 atom stereocenters. The lowest BCUT2D eigenvalue weighted by Gasteiger charge is -1.99. The first kappa shape index (κ1) is 7.98. The third kappa shape index (κ3) is 1.33. The van der Waals surface area contributed by atoms with Gasteiger partial charge < -0.3 is 4.98 Å². The lowest BCUT2D eigenvalue weighted by molar-refractivity contribution is 1.12. The quantitative estimate of drug-likeness (QED) is 0.658. The summed E-state index contributed by atoms with van der Waals surface area (Å²) >= 11 is 0. The van der Waals surface area contributed by atoms with Gasteiger partial charge in [0, 0.05) is 0 Å². The number of aromatic amines is 1. The van der Waals surface area contributed by atoms with E-state index in [9.17, 15) is 4.79 Å². The Kier molecular flexibility index (Phi) is 1.65. The maximum atomic E-state index is 11.2. The predicted octanol–water partition coefficient (Wildman–Crippen LogP) is 1.54. The zero-order valence-corrected chi connectivity index (χ0v) is 7.59. The lowest BCUT2D eigenvalue weighted by Crippen LogP contribution is -2.11. The minimum absolute atomic E-state index is 0.114. The zero-order valence-electron chi connectivity index (χ0n) is 7.59. The van der Waals surface area contributed by atoms with E-state index in [1.165, 1.54) is 0 Å². The molecule has 3 nitrogen and oxygen atoms in total. The molecule has 2 aromatic rings. The van der Waals surface area contributed by atoms with E-state index in [0.717, 1.165) is 16.6 Å². The molecular formula is C10H10N2O. The summed E-state index contributed by atoms with van der Waals surface area (Å²) in [7, 11) is 0. The normalized spacial score (nSPS) is 10.6. The average Bonchev–Trinajstić information content (AvgIpc) is 2.08. The number of fused-ring (bicyclic) bond motifs is 1. The van der Waals surface area contributed by atoms with E-state index in [2.05, 4.69) is 9.97 Å². The molecule has 1 N–H and O–H groups in total. The van der Waals surface area contributed by atoms with E-state index in [0.29, 0.717) is 5.69 Å². The summed E-state index contributed by atoms with van der Waals surface area (Å²) in [5, 5.41) is 0. The highest BCUT2D eigenvalue weighted by molar-refractivity contribution is 5.74. The molecule has 1 heterocycles. The molecule has 0 spiro atoms. The molecule has 0 aliphatic carbocycles. The summed E-state index contributed by atoms with van der Waals surface area (Å²) in [6.45, 7) is 3.71. The summed E-state index contributed by atoms with van der Waals surface area (Å²) in [4.78, 5) is 18.2. The second kappa shape index (κ2) is 2.69. The van der Waals surface area contributed by atoms with Gasteiger partial charge in [0.15, 0.2) is 0 Å². The van der Waals surface area contributed by atoms with Crippen LogP contribution < -0.4 is 5.56 Å². The van der Waals surface area contributed by atoms with Gasteiger partial charge in [0.05, 0.1) is 11.0 Å². The molecule has 0 fully saturated rings. The first-order valence-corrected chi connectivity index (χ1v) is 4.14. The first-order chi connectivity index (χ1) is 6.16. The summed E-state index contributed by atoms with van der Waals surface area (Å²) in [6, 6.07) is 5.78. The summed E-state index contributed by atoms with van der Waals surface area (Å²) in [5.74, 6) is 0. The van der Waals surface area contributed by atoms with Crippen molar-refractivity contribution >= 4 is 11.0 Å². The van der Waals surface area contributed by atoms with Gasteiger partial charge in [0.2, 0.25) is 0 Å². The van der Waals surface area contributed by atoms with Gasteiger partial charge in [-0.1, -0.05) is 6.07 Å². The SMILES string of the molecule is Cc1ccc2[nH]c(=O)c(C)nc2c1. The van der Waals surface area contributed by atoms with E-state index < -0.39 is 0 Å². The minimum atomic E-state index is -0.114. The molecule has 13 heavy (non-hydrogen) atoms. The molecule has 0 saturated heterocycles. The van der Waals surface area contributed by atoms with Crippen LogP contribution in [0.1, 0.15) is 11.3 Å². The van der Waals surface area contributed by atoms with Gasteiger partial charge in [-0.15, -0.1) is 0 Å². The molecular weight excluding hydrogens is 164 g/mol. The van der Waals surface area contributed by atoms with Gasteiger partial charge in [-0.3, -0.25) is 4.79 Å². The van der Waals surface area contributed by atoms with Crippen molar-refractivity contribution in [2.24, 2.45) is 0 Å². The average molecular weight is 174 g/mol. The van der Waals surface area contributed by atoms with Crippen molar-refractivity contribution in [3.63, 3.8) is 0 Å². The van der Waals surface area contributed by atoms with E-state index in [-0.39, 0.29) is 5.56 Å². The number of hydrogen-bond donors (Lipinski definition) is 1. The topological polar surface area (TPSA) is 45.8 Å². The number of H-pyrrole nitrogens is 1. The molecule has 0 aliphatic heterocycles. The van der Waals surface area contributed by atoms with Crippen molar-refractivity contribution in [2.75, 3.05) is 0 Å². The molecule has 0 bridgehead atoms. The van der Waals surface area contributed by atoms with Crippen molar-refractivity contribution in [3.05, 3.63) is 39.8 Å². The van der Waals surface area contributed by atoms with Crippen LogP contribution in [0.4, 0.5) is 0 Å². The van der Waals surface area contributed by atoms with Gasteiger partial charge in [0.1, 0.15) is 5.69 Å². The molecule has 0 amide bonds. The molecule has 0 radical (unpaired) electrons. The number of aryl methyl sites for hydroxylation is 2. The Hall–Kier alpha value is -1.64. The smallest absolute Gasteiger partial charge is 0.269 e. The third-order valence-corrected chi connectivity index (χ3v) is 2.02. The Balaban J connectivity index is 2.89. The lowest BCUT2D eigenvalue weighted by atomic mass is 10.2. The summed E-state index contributed by atoms with van der Waals surface area (Å²) in [6.07, 6.45) is 0. The van der Waals surface area contributed by atoms with Crippen LogP contribution in [0, 0.1) is 13.8 Å². The molecule has 3 heteroatoms. The molecule has 0 unspecified atom stereocenters. The van der Waals surface area contributed by atoms with Crippen molar-refractivity contribution in [2.45, 2.75) is 13.8 Å². The van der Waals surface area contributed by atoms with Crippen molar-refractivity contribution in [1.82, 2.24) is 9.97 Å². The summed E-state index contributed by atoms with van der Waals surface area (Å²) < 4.78 is 0. The Labute approximate surface area is 75.4 Å². The Morgan fingerprint density at radius 3 is 2.85 bits per heavy atom. The van der Waals surface area contributed by atoms with Crippen LogP contribution in [0.5, 0.6) is 0 Å². The molecule has 0 aliphatic rings. The fourth-order valence-corrected chi connectivity index (χ4v) is 1.28. The van der Waals surface area contributed by atoms with Crippen molar-refractivity contribution in [1.29, 1.82) is 0 Å². The highest BCUT2D eigenvalue weighted by Crippen LogP contribution is 2.09. The van der Waals surface area contributed by atoms with Gasteiger partial charge in [-0.2, -0.15) is 0 Å². The zero-order chi connectivity index (χ0) is 9.42. The monoisotopic (exact) mass is 174 g/mol. The second-order valence-electron chi connectivity index (χ2n) is 3.17. The molecule has 1 aromatic heterocycles. The predicted molar refractivity (Wildman–Crippen MR) is 51.8 cm³/mol. The van der Waals surface area contributed by atoms with Gasteiger partial charge >= 0.3 is 0 Å². The Morgan fingerprint density at radius 2 is 2.08 bits per heavy atom. The van der Waals surface area contributed by atoms with Gasteiger partial charge in [-0.25, -0.2) is 4.98 Å². The van der Waals surface area contributed by atoms with Crippen LogP contribution in [-0.4, -0.2) is 9.97 Å². The number of rotatable bonds is 0. The Morgan fingerprint density at radius 1 is 1.31 bits per heavy atom. The van der Waals surface area contributed by atoms with E-state index >= 15 is 0 Å². The van der Waals surface area contributed by atoms with Gasteiger partial charge in [0.25, 0.3) is 5.56 Å². The van der Waals surface area contributed by atoms with E-state index in [1.54, 1.807) is 6.92 Å². The standard InChI is InChI=1S/C10H10N2O/c1-6-3-4-8-9(5-6)11-7(2)10(13)12-8/h3-5H,1-2H3,(H,12,13). The van der Waals surface area contributed by atoms with Crippen LogP contribution in [0.3, 0.4) is 0 Å². The minimum Gasteiger partial charge on any atom is -0.319 e. The first-order valence-electron chi connectivity index (χ1n) is 4.14. The van der Waals surface area contributed by atoms with E-state index in [4.69, 9.17) is 0 Å². The Bertz CT molecular complexity index is 514. The van der Waals surface area contributed by atoms with Gasteiger partial charge in [-0.05, 0) is 31.5 Å².